The molecule has 2 heterocycles. The highest BCUT2D eigenvalue weighted by molar-refractivity contribution is 7.11. The Balaban J connectivity index is 1.65. The van der Waals surface area contributed by atoms with Crippen LogP contribution in [0, 0.1) is 0 Å². The van der Waals surface area contributed by atoms with Crippen LogP contribution in [0.4, 0.5) is 0 Å². The molecule has 1 atom stereocenters. The monoisotopic (exact) mass is 314 g/mol. The smallest absolute Gasteiger partial charge is 0.107 e. The van der Waals surface area contributed by atoms with Crippen LogP contribution in [-0.2, 0) is 22.4 Å². The van der Waals surface area contributed by atoms with Gasteiger partial charge in [0.1, 0.15) is 5.01 Å². The maximum atomic E-state index is 10.1. The van der Waals surface area contributed by atoms with Crippen LogP contribution in [0.2, 0.25) is 0 Å². The van der Waals surface area contributed by atoms with Crippen molar-refractivity contribution in [3.63, 3.8) is 0 Å². The number of nitrogens with zero attached hydrogens (tertiary/aromatic N) is 2. The van der Waals surface area contributed by atoms with E-state index in [-0.39, 0.29) is 6.10 Å². The van der Waals surface area contributed by atoms with Crippen molar-refractivity contribution in [2.75, 3.05) is 33.4 Å². The van der Waals surface area contributed by atoms with Crippen molar-refractivity contribution in [1.82, 2.24) is 9.88 Å². The van der Waals surface area contributed by atoms with Gasteiger partial charge in [-0.3, -0.25) is 4.90 Å². The molecule has 1 aromatic rings. The zero-order chi connectivity index (χ0) is 15.1. The van der Waals surface area contributed by atoms with Crippen LogP contribution in [0.25, 0.3) is 0 Å². The van der Waals surface area contributed by atoms with E-state index in [2.05, 4.69) is 16.8 Å². The van der Waals surface area contributed by atoms with E-state index in [1.807, 2.05) is 13.2 Å². The molecule has 0 saturated carbocycles. The minimum absolute atomic E-state index is 0.241. The number of aliphatic hydroxyl groups is 1. The van der Waals surface area contributed by atoms with E-state index >= 15 is 0 Å². The Kier molecular flexibility index (Phi) is 7.06. The van der Waals surface area contributed by atoms with Crippen LogP contribution in [0.15, 0.2) is 6.20 Å². The van der Waals surface area contributed by atoms with Gasteiger partial charge in [-0.2, -0.15) is 0 Å². The predicted octanol–water partition coefficient (Wildman–Crippen LogP) is 1.69. The van der Waals surface area contributed by atoms with E-state index in [1.165, 1.54) is 4.88 Å². The van der Waals surface area contributed by atoms with E-state index in [1.54, 1.807) is 11.3 Å². The molecule has 0 bridgehead atoms. The van der Waals surface area contributed by atoms with Crippen LogP contribution >= 0.6 is 11.3 Å². The topological polar surface area (TPSA) is 54.8 Å². The molecule has 0 spiro atoms. The molecule has 21 heavy (non-hydrogen) atoms. The third-order valence-electron chi connectivity index (χ3n) is 3.57. The molecule has 1 unspecified atom stereocenters. The maximum absolute atomic E-state index is 10.1. The van der Waals surface area contributed by atoms with Crippen molar-refractivity contribution < 1.29 is 14.6 Å². The van der Waals surface area contributed by atoms with Gasteiger partial charge in [-0.05, 0) is 26.3 Å². The molecular formula is C15H26N2O3S. The summed E-state index contributed by atoms with van der Waals surface area (Å²) in [5.74, 6) is 0. The highest BCUT2D eigenvalue weighted by atomic mass is 32.1. The van der Waals surface area contributed by atoms with Gasteiger partial charge in [-0.15, -0.1) is 11.3 Å². The summed E-state index contributed by atoms with van der Waals surface area (Å²) in [5.41, 5.74) is 0. The van der Waals surface area contributed by atoms with Crippen molar-refractivity contribution >= 4 is 11.3 Å². The number of thiazole rings is 1. The molecule has 5 nitrogen and oxygen atoms in total. The lowest BCUT2D eigenvalue weighted by Crippen LogP contribution is -2.34. The molecular weight excluding hydrogens is 288 g/mol. The van der Waals surface area contributed by atoms with Gasteiger partial charge in [0.2, 0.25) is 0 Å². The molecule has 0 aliphatic carbocycles. The summed E-state index contributed by atoms with van der Waals surface area (Å²) in [6.45, 7) is 5.45. The number of aryl methyl sites for hydroxylation is 1. The van der Waals surface area contributed by atoms with Crippen molar-refractivity contribution in [1.29, 1.82) is 0 Å². The molecule has 1 aliphatic heterocycles. The molecule has 0 radical (unpaired) electrons. The third kappa shape index (κ3) is 6.00. The first-order valence-corrected chi connectivity index (χ1v) is 8.48. The Labute approximate surface area is 130 Å². The Morgan fingerprint density at radius 3 is 2.95 bits per heavy atom. The number of hydrogen-bond donors (Lipinski definition) is 1. The summed E-state index contributed by atoms with van der Waals surface area (Å²) in [6.07, 6.45) is 4.62. The van der Waals surface area contributed by atoms with E-state index in [9.17, 15) is 5.11 Å². The van der Waals surface area contributed by atoms with Crippen LogP contribution in [0.3, 0.4) is 0 Å². The zero-order valence-electron chi connectivity index (χ0n) is 13.0. The van der Waals surface area contributed by atoms with Crippen molar-refractivity contribution in [2.45, 2.75) is 44.9 Å². The first kappa shape index (κ1) is 16.8. The summed E-state index contributed by atoms with van der Waals surface area (Å²) in [5, 5.41) is 11.2. The molecule has 120 valence electrons. The molecule has 1 aromatic heterocycles. The molecule has 2 rings (SSSR count). The minimum atomic E-state index is -0.455. The van der Waals surface area contributed by atoms with Crippen LogP contribution in [0.1, 0.15) is 29.7 Å². The van der Waals surface area contributed by atoms with Gasteiger partial charge in [0, 0.05) is 30.8 Å². The molecule has 1 fully saturated rings. The first-order chi connectivity index (χ1) is 10.2. The lowest BCUT2D eigenvalue weighted by atomic mass is 10.1. The fraction of sp³-hybridized carbons (Fsp3) is 0.800. The lowest BCUT2D eigenvalue weighted by molar-refractivity contribution is -0.0634. The predicted molar refractivity (Wildman–Crippen MR) is 83.6 cm³/mol. The quantitative estimate of drug-likeness (QED) is 0.791. The van der Waals surface area contributed by atoms with E-state index in [4.69, 9.17) is 9.47 Å². The molecule has 0 aromatic carbocycles. The largest absolute Gasteiger partial charge is 0.389 e. The number of rotatable bonds is 8. The van der Waals surface area contributed by atoms with Gasteiger partial charge >= 0.3 is 0 Å². The number of ether oxygens (including phenoxy) is 2. The van der Waals surface area contributed by atoms with Crippen LogP contribution in [-0.4, -0.2) is 60.6 Å². The number of likely N-dealkylation sites (N-methyl/N-ethyl adjacent to an activating group) is 1. The van der Waals surface area contributed by atoms with Crippen molar-refractivity contribution in [3.8, 4) is 0 Å². The fourth-order valence-corrected chi connectivity index (χ4v) is 3.33. The molecule has 6 heteroatoms. The number of aromatic nitrogens is 1. The van der Waals surface area contributed by atoms with E-state index in [0.29, 0.717) is 13.2 Å². The molecule has 1 aliphatic rings. The standard InChI is InChI=1S/C15H26N2O3S/c1-3-14-8-16-15(21-14)10-17(2)9-12(18)11-20-13-4-6-19-7-5-13/h8,12-13,18H,3-7,9-11H2,1-2H3. The van der Waals surface area contributed by atoms with Crippen LogP contribution < -0.4 is 0 Å². The van der Waals surface area contributed by atoms with Crippen LogP contribution in [0.5, 0.6) is 0 Å². The highest BCUT2D eigenvalue weighted by Gasteiger charge is 2.17. The SMILES string of the molecule is CCc1cnc(CN(C)CC(O)COC2CCOCC2)s1. The fourth-order valence-electron chi connectivity index (χ4n) is 2.38. The van der Waals surface area contributed by atoms with E-state index < -0.39 is 6.10 Å². The van der Waals surface area contributed by atoms with Gasteiger partial charge < -0.3 is 14.6 Å². The van der Waals surface area contributed by atoms with E-state index in [0.717, 1.165) is 44.0 Å². The Bertz CT molecular complexity index is 407. The zero-order valence-corrected chi connectivity index (χ0v) is 13.8. The van der Waals surface area contributed by atoms with Crippen molar-refractivity contribution in [2.24, 2.45) is 0 Å². The second-order valence-corrected chi connectivity index (χ2v) is 6.77. The van der Waals surface area contributed by atoms with Gasteiger partial charge in [0.15, 0.2) is 0 Å². The maximum Gasteiger partial charge on any atom is 0.107 e. The van der Waals surface area contributed by atoms with Crippen molar-refractivity contribution in [3.05, 3.63) is 16.1 Å². The Morgan fingerprint density at radius 2 is 2.29 bits per heavy atom. The lowest BCUT2D eigenvalue weighted by Gasteiger charge is -2.25. The first-order valence-electron chi connectivity index (χ1n) is 7.67. The Morgan fingerprint density at radius 1 is 1.52 bits per heavy atom. The highest BCUT2D eigenvalue weighted by Crippen LogP contribution is 2.15. The normalized spacial score (nSPS) is 18.3. The second-order valence-electron chi connectivity index (χ2n) is 5.57. The molecule has 0 amide bonds. The second kappa shape index (κ2) is 8.80. The summed E-state index contributed by atoms with van der Waals surface area (Å²) in [4.78, 5) is 7.80. The number of aliphatic hydroxyl groups excluding tert-OH is 1. The minimum Gasteiger partial charge on any atom is -0.389 e. The summed E-state index contributed by atoms with van der Waals surface area (Å²) >= 11 is 1.74. The summed E-state index contributed by atoms with van der Waals surface area (Å²) in [6, 6.07) is 0. The van der Waals surface area contributed by atoms with Gasteiger partial charge in [0.05, 0.1) is 25.4 Å². The van der Waals surface area contributed by atoms with Gasteiger partial charge in [-0.25, -0.2) is 4.98 Å². The number of hydrogen-bond acceptors (Lipinski definition) is 6. The Hall–Kier alpha value is -0.530. The van der Waals surface area contributed by atoms with Gasteiger partial charge in [-0.1, -0.05) is 6.92 Å². The molecule has 1 N–H and O–H groups in total. The average molecular weight is 314 g/mol. The van der Waals surface area contributed by atoms with Gasteiger partial charge in [0.25, 0.3) is 0 Å². The molecule has 1 saturated heterocycles. The summed E-state index contributed by atoms with van der Waals surface area (Å²) in [7, 11) is 2.00. The average Bonchev–Trinajstić information content (AvgIpc) is 2.93. The third-order valence-corrected chi connectivity index (χ3v) is 4.70. The summed E-state index contributed by atoms with van der Waals surface area (Å²) < 4.78 is 11.0.